The van der Waals surface area contributed by atoms with Crippen LogP contribution in [-0.2, 0) is 16.1 Å². The third-order valence-corrected chi connectivity index (χ3v) is 4.12. The zero-order valence-electron chi connectivity index (χ0n) is 13.7. The molecule has 3 rings (SSSR count). The van der Waals surface area contributed by atoms with Crippen LogP contribution in [0.4, 0.5) is 0 Å². The van der Waals surface area contributed by atoms with Gasteiger partial charge < -0.3 is 14.4 Å². The van der Waals surface area contributed by atoms with Gasteiger partial charge in [-0.2, -0.15) is 5.10 Å². The van der Waals surface area contributed by atoms with Crippen LogP contribution in [0.15, 0.2) is 48.8 Å². The Hall–Kier alpha value is -2.34. The van der Waals surface area contributed by atoms with Crippen molar-refractivity contribution in [3.63, 3.8) is 0 Å². The summed E-state index contributed by atoms with van der Waals surface area (Å²) in [5, 5.41) is 4.22. The first-order valence-corrected chi connectivity index (χ1v) is 8.35. The molecule has 0 saturated carbocycles. The van der Waals surface area contributed by atoms with Crippen molar-refractivity contribution in [2.24, 2.45) is 0 Å². The van der Waals surface area contributed by atoms with E-state index in [0.29, 0.717) is 13.2 Å². The number of likely N-dealkylation sites (tertiary alicyclic amines) is 1. The molecule has 2 aromatic rings. The third kappa shape index (κ3) is 4.58. The van der Waals surface area contributed by atoms with Crippen LogP contribution in [0, 0.1) is 0 Å². The molecule has 6 nitrogen and oxygen atoms in total. The van der Waals surface area contributed by atoms with E-state index in [1.54, 1.807) is 6.20 Å². The molecule has 1 aromatic heterocycles. The lowest BCUT2D eigenvalue weighted by atomic mass is 10.2. The Morgan fingerprint density at radius 3 is 2.88 bits per heavy atom. The molecule has 1 aromatic carbocycles. The molecule has 1 aliphatic heterocycles. The highest BCUT2D eigenvalue weighted by Gasteiger charge is 2.28. The molecule has 0 aliphatic carbocycles. The molecule has 1 saturated heterocycles. The maximum Gasteiger partial charge on any atom is 0.248 e. The molecule has 2 heterocycles. The summed E-state index contributed by atoms with van der Waals surface area (Å²) in [6, 6.07) is 11.7. The van der Waals surface area contributed by atoms with E-state index in [-0.39, 0.29) is 18.6 Å². The van der Waals surface area contributed by atoms with Gasteiger partial charge in [0.2, 0.25) is 5.91 Å². The Morgan fingerprint density at radius 1 is 1.21 bits per heavy atom. The number of carbonyl (C=O) groups excluding carboxylic acids is 1. The Morgan fingerprint density at radius 2 is 2.08 bits per heavy atom. The summed E-state index contributed by atoms with van der Waals surface area (Å²) < 4.78 is 12.9. The normalized spacial score (nSPS) is 17.2. The van der Waals surface area contributed by atoms with Crippen LogP contribution in [0.5, 0.6) is 5.75 Å². The minimum absolute atomic E-state index is 0.0457. The Bertz CT molecular complexity index is 616. The van der Waals surface area contributed by atoms with Crippen molar-refractivity contribution in [2.75, 3.05) is 26.4 Å². The zero-order valence-corrected chi connectivity index (χ0v) is 13.7. The second kappa shape index (κ2) is 8.49. The van der Waals surface area contributed by atoms with Gasteiger partial charge >= 0.3 is 0 Å². The molecule has 128 valence electrons. The molecule has 1 atom stereocenters. The van der Waals surface area contributed by atoms with Crippen LogP contribution < -0.4 is 4.74 Å². The fourth-order valence-corrected chi connectivity index (χ4v) is 2.96. The molecule has 1 unspecified atom stereocenters. The maximum atomic E-state index is 12.3. The van der Waals surface area contributed by atoms with Crippen LogP contribution in [0.25, 0.3) is 0 Å². The lowest BCUT2D eigenvalue weighted by Gasteiger charge is -2.24. The lowest BCUT2D eigenvalue weighted by molar-refractivity contribution is -0.137. The van der Waals surface area contributed by atoms with E-state index in [0.717, 1.165) is 31.7 Å². The van der Waals surface area contributed by atoms with Crippen molar-refractivity contribution in [3.05, 3.63) is 48.8 Å². The van der Waals surface area contributed by atoms with E-state index in [1.165, 1.54) is 0 Å². The van der Waals surface area contributed by atoms with E-state index in [4.69, 9.17) is 9.47 Å². The zero-order chi connectivity index (χ0) is 16.6. The predicted molar refractivity (Wildman–Crippen MR) is 89.7 cm³/mol. The summed E-state index contributed by atoms with van der Waals surface area (Å²) in [5.41, 5.74) is 0. The number of aromatic nitrogens is 2. The number of para-hydroxylation sites is 1. The van der Waals surface area contributed by atoms with Crippen LogP contribution in [0.1, 0.15) is 12.8 Å². The van der Waals surface area contributed by atoms with E-state index in [2.05, 4.69) is 5.10 Å². The van der Waals surface area contributed by atoms with Gasteiger partial charge in [-0.25, -0.2) is 0 Å². The van der Waals surface area contributed by atoms with Gasteiger partial charge in [0.25, 0.3) is 0 Å². The number of amides is 1. The number of hydrogen-bond acceptors (Lipinski definition) is 4. The topological polar surface area (TPSA) is 56.6 Å². The minimum atomic E-state index is 0.0457. The first-order valence-electron chi connectivity index (χ1n) is 8.35. The highest BCUT2D eigenvalue weighted by atomic mass is 16.5. The van der Waals surface area contributed by atoms with Gasteiger partial charge in [0.1, 0.15) is 19.0 Å². The van der Waals surface area contributed by atoms with E-state index in [1.807, 2.05) is 52.2 Å². The molecule has 24 heavy (non-hydrogen) atoms. The first-order chi connectivity index (χ1) is 11.8. The number of benzene rings is 1. The highest BCUT2D eigenvalue weighted by Crippen LogP contribution is 2.18. The molecule has 0 spiro atoms. The summed E-state index contributed by atoms with van der Waals surface area (Å²) in [5.74, 6) is 0.857. The van der Waals surface area contributed by atoms with Gasteiger partial charge in [0.05, 0.1) is 19.2 Å². The highest BCUT2D eigenvalue weighted by molar-refractivity contribution is 5.78. The standard InChI is InChI=1S/C18H23N3O3/c22-18(15-23-12-13-24-17-7-2-1-3-8-17)21-11-4-6-16(21)14-20-10-5-9-19-20/h1-3,5,7-10,16H,4,6,11-15H2. The molecule has 1 fully saturated rings. The van der Waals surface area contributed by atoms with Gasteiger partial charge in [-0.3, -0.25) is 9.48 Å². The third-order valence-electron chi connectivity index (χ3n) is 4.12. The van der Waals surface area contributed by atoms with Crippen LogP contribution in [0.2, 0.25) is 0 Å². The average molecular weight is 329 g/mol. The van der Waals surface area contributed by atoms with E-state index in [9.17, 15) is 4.79 Å². The number of nitrogens with zero attached hydrogens (tertiary/aromatic N) is 3. The minimum Gasteiger partial charge on any atom is -0.491 e. The predicted octanol–water partition coefficient (Wildman–Crippen LogP) is 1.97. The first kappa shape index (κ1) is 16.5. The number of hydrogen-bond donors (Lipinski definition) is 0. The summed E-state index contributed by atoms with van der Waals surface area (Å²) in [4.78, 5) is 14.3. The Kier molecular flexibility index (Phi) is 5.85. The molecule has 0 radical (unpaired) electrons. The van der Waals surface area contributed by atoms with Crippen LogP contribution >= 0.6 is 0 Å². The van der Waals surface area contributed by atoms with Gasteiger partial charge in [0.15, 0.2) is 0 Å². The summed E-state index contributed by atoms with van der Waals surface area (Å²) in [7, 11) is 0. The van der Waals surface area contributed by atoms with E-state index >= 15 is 0 Å². The van der Waals surface area contributed by atoms with Crippen molar-refractivity contribution < 1.29 is 14.3 Å². The van der Waals surface area contributed by atoms with Gasteiger partial charge in [-0.1, -0.05) is 18.2 Å². The Balaban J connectivity index is 1.36. The number of ether oxygens (including phenoxy) is 2. The Labute approximate surface area is 142 Å². The summed E-state index contributed by atoms with van der Waals surface area (Å²) >= 11 is 0. The van der Waals surface area contributed by atoms with Gasteiger partial charge in [-0.05, 0) is 31.0 Å². The average Bonchev–Trinajstić information content (AvgIpc) is 3.28. The molecular weight excluding hydrogens is 306 g/mol. The van der Waals surface area contributed by atoms with Crippen molar-refractivity contribution >= 4 is 5.91 Å². The van der Waals surface area contributed by atoms with Crippen LogP contribution in [-0.4, -0.2) is 53.0 Å². The molecule has 6 heteroatoms. The van der Waals surface area contributed by atoms with Crippen molar-refractivity contribution in [2.45, 2.75) is 25.4 Å². The number of carbonyl (C=O) groups is 1. The monoisotopic (exact) mass is 329 g/mol. The maximum absolute atomic E-state index is 12.3. The quantitative estimate of drug-likeness (QED) is 0.695. The fraction of sp³-hybridized carbons (Fsp3) is 0.444. The van der Waals surface area contributed by atoms with E-state index < -0.39 is 0 Å². The molecule has 0 N–H and O–H groups in total. The van der Waals surface area contributed by atoms with Crippen molar-refractivity contribution in [1.29, 1.82) is 0 Å². The van der Waals surface area contributed by atoms with Crippen molar-refractivity contribution in [3.8, 4) is 5.75 Å². The van der Waals surface area contributed by atoms with Gasteiger partial charge in [-0.15, -0.1) is 0 Å². The van der Waals surface area contributed by atoms with Crippen LogP contribution in [0.3, 0.4) is 0 Å². The molecule has 0 bridgehead atoms. The molecule has 1 aliphatic rings. The second-order valence-corrected chi connectivity index (χ2v) is 5.83. The molecule has 1 amide bonds. The SMILES string of the molecule is O=C(COCCOc1ccccc1)N1CCCC1Cn1cccn1. The lowest BCUT2D eigenvalue weighted by Crippen LogP contribution is -2.40. The molecular formula is C18H23N3O3. The smallest absolute Gasteiger partial charge is 0.248 e. The fourth-order valence-electron chi connectivity index (χ4n) is 2.96. The summed E-state index contributed by atoms with van der Waals surface area (Å²) in [6.07, 6.45) is 5.74. The largest absolute Gasteiger partial charge is 0.491 e. The summed E-state index contributed by atoms with van der Waals surface area (Å²) in [6.45, 7) is 2.49. The second-order valence-electron chi connectivity index (χ2n) is 5.83. The number of rotatable bonds is 8. The van der Waals surface area contributed by atoms with Gasteiger partial charge in [0, 0.05) is 18.9 Å². The van der Waals surface area contributed by atoms with Crippen molar-refractivity contribution in [1.82, 2.24) is 14.7 Å².